The fraction of sp³-hybridized carbons (Fsp3) is 0.500. The van der Waals surface area contributed by atoms with Gasteiger partial charge in [0.1, 0.15) is 0 Å². The lowest BCUT2D eigenvalue weighted by molar-refractivity contribution is -0.420. The third-order valence-electron chi connectivity index (χ3n) is 2.11. The van der Waals surface area contributed by atoms with Crippen LogP contribution in [0.5, 0.6) is 0 Å². The number of nitro groups is 1. The van der Waals surface area contributed by atoms with Gasteiger partial charge in [-0.3, -0.25) is 10.1 Å². The number of hydrogen-bond acceptors (Lipinski definition) is 2. The average Bonchev–Trinajstić information content (AvgIpc) is 1.94. The maximum absolute atomic E-state index is 10.4. The summed E-state index contributed by atoms with van der Waals surface area (Å²) in [5.41, 5.74) is 1.15. The topological polar surface area (TPSA) is 43.1 Å². The second kappa shape index (κ2) is 2.86. The van der Waals surface area contributed by atoms with Crippen LogP contribution in [0.25, 0.3) is 0 Å². The van der Waals surface area contributed by atoms with Crippen molar-refractivity contribution in [1.29, 1.82) is 0 Å². The fourth-order valence-corrected chi connectivity index (χ4v) is 1.15. The van der Waals surface area contributed by atoms with Crippen molar-refractivity contribution < 1.29 is 4.92 Å². The van der Waals surface area contributed by atoms with Crippen LogP contribution in [0.4, 0.5) is 0 Å². The van der Waals surface area contributed by atoms with E-state index in [1.807, 2.05) is 19.9 Å². The van der Waals surface area contributed by atoms with Crippen LogP contribution in [0.15, 0.2) is 23.4 Å². The molecule has 0 N–H and O–H groups in total. The van der Waals surface area contributed by atoms with Gasteiger partial charge in [0, 0.05) is 11.6 Å². The molecule has 3 heteroatoms. The molecule has 0 spiro atoms. The fourth-order valence-electron chi connectivity index (χ4n) is 1.15. The van der Waals surface area contributed by atoms with Crippen molar-refractivity contribution >= 4 is 0 Å². The molecular weight excluding hydrogens is 142 g/mol. The first-order valence-corrected chi connectivity index (χ1v) is 3.64. The molecule has 3 nitrogen and oxygen atoms in total. The van der Waals surface area contributed by atoms with Crippen LogP contribution < -0.4 is 0 Å². The van der Waals surface area contributed by atoms with Crippen molar-refractivity contribution in [3.05, 3.63) is 33.5 Å². The highest BCUT2D eigenvalue weighted by atomic mass is 16.6. The summed E-state index contributed by atoms with van der Waals surface area (Å²) in [4.78, 5) is 10.1. The average molecular weight is 153 g/mol. The first-order valence-electron chi connectivity index (χ1n) is 3.64. The smallest absolute Gasteiger partial charge is 0.258 e. The second-order valence-electron chi connectivity index (χ2n) is 2.86. The Morgan fingerprint density at radius 1 is 1.73 bits per heavy atom. The summed E-state index contributed by atoms with van der Waals surface area (Å²) in [6, 6.07) is 0. The van der Waals surface area contributed by atoms with Gasteiger partial charge >= 0.3 is 0 Å². The van der Waals surface area contributed by atoms with Crippen LogP contribution in [-0.2, 0) is 0 Å². The first kappa shape index (κ1) is 7.98. The highest BCUT2D eigenvalue weighted by Gasteiger charge is 2.19. The number of nitrogens with zero attached hydrogens (tertiary/aromatic N) is 1. The van der Waals surface area contributed by atoms with E-state index in [2.05, 4.69) is 0 Å². The molecule has 0 aromatic carbocycles. The van der Waals surface area contributed by atoms with Crippen molar-refractivity contribution in [1.82, 2.24) is 0 Å². The molecule has 0 fully saturated rings. The van der Waals surface area contributed by atoms with Crippen LogP contribution in [0.1, 0.15) is 20.3 Å². The Kier molecular flexibility index (Phi) is 2.08. The summed E-state index contributed by atoms with van der Waals surface area (Å²) < 4.78 is 0. The van der Waals surface area contributed by atoms with E-state index in [1.165, 1.54) is 0 Å². The normalized spacial score (nSPS) is 24.0. The third-order valence-corrected chi connectivity index (χ3v) is 2.11. The molecule has 11 heavy (non-hydrogen) atoms. The van der Waals surface area contributed by atoms with Crippen LogP contribution in [0, 0.1) is 16.0 Å². The van der Waals surface area contributed by atoms with Gasteiger partial charge in [-0.1, -0.05) is 13.0 Å². The quantitative estimate of drug-likeness (QED) is 0.428. The minimum Gasteiger partial charge on any atom is -0.258 e. The zero-order valence-electron chi connectivity index (χ0n) is 6.70. The lowest BCUT2D eigenvalue weighted by Crippen LogP contribution is -2.08. The molecule has 1 aliphatic carbocycles. The van der Waals surface area contributed by atoms with Crippen LogP contribution in [0.3, 0.4) is 0 Å². The molecule has 0 aromatic heterocycles. The van der Waals surface area contributed by atoms with E-state index < -0.39 is 0 Å². The predicted molar refractivity (Wildman–Crippen MR) is 42.6 cm³/mol. The number of rotatable bonds is 1. The number of allylic oxidation sites excluding steroid dienone is 3. The Hall–Kier alpha value is -1.12. The third kappa shape index (κ3) is 1.48. The van der Waals surface area contributed by atoms with E-state index in [-0.39, 0.29) is 10.6 Å². The van der Waals surface area contributed by atoms with Gasteiger partial charge in [0.15, 0.2) is 0 Å². The largest absolute Gasteiger partial charge is 0.268 e. The molecule has 1 atom stereocenters. The Morgan fingerprint density at radius 3 is 2.82 bits per heavy atom. The summed E-state index contributed by atoms with van der Waals surface area (Å²) in [5, 5.41) is 10.4. The van der Waals surface area contributed by atoms with Crippen LogP contribution in [0.2, 0.25) is 0 Å². The lowest BCUT2D eigenvalue weighted by atomic mass is 9.93. The summed E-state index contributed by atoms with van der Waals surface area (Å²) in [7, 11) is 0. The summed E-state index contributed by atoms with van der Waals surface area (Å²) in [6.07, 6.45) is 4.37. The summed E-state index contributed by atoms with van der Waals surface area (Å²) >= 11 is 0. The monoisotopic (exact) mass is 153 g/mol. The minimum atomic E-state index is -0.318. The molecule has 0 aromatic rings. The summed E-state index contributed by atoms with van der Waals surface area (Å²) in [5.74, 6) is 0.320. The van der Waals surface area contributed by atoms with Gasteiger partial charge in [-0.2, -0.15) is 0 Å². The zero-order chi connectivity index (χ0) is 8.43. The van der Waals surface area contributed by atoms with E-state index >= 15 is 0 Å². The van der Waals surface area contributed by atoms with Gasteiger partial charge in [-0.05, 0) is 19.3 Å². The van der Waals surface area contributed by atoms with E-state index in [1.54, 1.807) is 6.08 Å². The van der Waals surface area contributed by atoms with Gasteiger partial charge in [0.2, 0.25) is 0 Å². The van der Waals surface area contributed by atoms with Crippen molar-refractivity contribution in [2.45, 2.75) is 20.3 Å². The van der Waals surface area contributed by atoms with E-state index in [0.717, 1.165) is 12.0 Å². The summed E-state index contributed by atoms with van der Waals surface area (Å²) in [6.45, 7) is 3.83. The highest BCUT2D eigenvalue weighted by Crippen LogP contribution is 2.24. The van der Waals surface area contributed by atoms with Gasteiger partial charge in [0.05, 0.1) is 4.92 Å². The van der Waals surface area contributed by atoms with Gasteiger partial charge in [-0.25, -0.2) is 0 Å². The van der Waals surface area contributed by atoms with Crippen molar-refractivity contribution in [2.24, 2.45) is 5.92 Å². The Bertz CT molecular complexity index is 240. The first-order chi connectivity index (χ1) is 5.13. The van der Waals surface area contributed by atoms with Gasteiger partial charge < -0.3 is 0 Å². The highest BCUT2D eigenvalue weighted by molar-refractivity contribution is 5.24. The SMILES string of the molecule is CC1=C([N+](=O)[O-])C=CCC1C. The molecule has 0 saturated heterocycles. The Morgan fingerprint density at radius 2 is 2.36 bits per heavy atom. The molecule has 0 bridgehead atoms. The minimum absolute atomic E-state index is 0.267. The molecule has 0 radical (unpaired) electrons. The molecule has 1 rings (SSSR count). The van der Waals surface area contributed by atoms with Crippen molar-refractivity contribution in [3.63, 3.8) is 0 Å². The molecule has 0 heterocycles. The van der Waals surface area contributed by atoms with E-state index in [0.29, 0.717) is 5.92 Å². The molecule has 0 saturated carbocycles. The maximum atomic E-state index is 10.4. The lowest BCUT2D eigenvalue weighted by Gasteiger charge is -2.12. The predicted octanol–water partition coefficient (Wildman–Crippen LogP) is 2.13. The number of hydrogen-bond donors (Lipinski definition) is 0. The molecule has 0 aliphatic heterocycles. The molecule has 1 unspecified atom stereocenters. The standard InChI is InChI=1S/C8H11NO2/c1-6-4-3-5-8(7(6)2)9(10)11/h3,5-6H,4H2,1-2H3. The van der Waals surface area contributed by atoms with Gasteiger partial charge in [0.25, 0.3) is 5.70 Å². The second-order valence-corrected chi connectivity index (χ2v) is 2.86. The molecule has 0 amide bonds. The van der Waals surface area contributed by atoms with Crippen LogP contribution >= 0.6 is 0 Å². The van der Waals surface area contributed by atoms with Crippen molar-refractivity contribution in [3.8, 4) is 0 Å². The van der Waals surface area contributed by atoms with Crippen LogP contribution in [-0.4, -0.2) is 4.92 Å². The zero-order valence-corrected chi connectivity index (χ0v) is 6.70. The maximum Gasteiger partial charge on any atom is 0.268 e. The van der Waals surface area contributed by atoms with E-state index in [9.17, 15) is 10.1 Å². The molecule has 60 valence electrons. The molecular formula is C8H11NO2. The van der Waals surface area contributed by atoms with Gasteiger partial charge in [-0.15, -0.1) is 0 Å². The van der Waals surface area contributed by atoms with E-state index in [4.69, 9.17) is 0 Å². The Balaban J connectivity index is 2.98. The molecule has 1 aliphatic rings. The Labute approximate surface area is 65.6 Å². The van der Waals surface area contributed by atoms with Crippen molar-refractivity contribution in [2.75, 3.05) is 0 Å².